The first-order valence-electron chi connectivity index (χ1n) is 7.57. The van der Waals surface area contributed by atoms with Crippen LogP contribution in [-0.4, -0.2) is 26.2 Å². The minimum Gasteiger partial charge on any atom is -0.367 e. The van der Waals surface area contributed by atoms with Gasteiger partial charge in [0.1, 0.15) is 5.82 Å². The second kappa shape index (κ2) is 6.51. The molecule has 1 heterocycles. The third-order valence-electron chi connectivity index (χ3n) is 3.94. The van der Waals surface area contributed by atoms with E-state index in [-0.39, 0.29) is 5.82 Å². The maximum Gasteiger partial charge on any atom is 0.166 e. The lowest BCUT2D eigenvalue weighted by molar-refractivity contribution is -0.0605. The molecular formula is C19H18FNO2S. The van der Waals surface area contributed by atoms with Crippen LogP contribution >= 0.6 is 11.8 Å². The van der Waals surface area contributed by atoms with Crippen molar-refractivity contribution in [3.05, 3.63) is 60.7 Å². The number of nitrogens with zero attached hydrogens (tertiary/aromatic N) is 1. The molecule has 2 aromatic carbocycles. The molecule has 0 spiro atoms. The highest BCUT2D eigenvalue weighted by molar-refractivity contribution is 8.00. The van der Waals surface area contributed by atoms with Crippen LogP contribution in [-0.2, 0) is 0 Å². The van der Waals surface area contributed by atoms with Gasteiger partial charge in [-0.25, -0.2) is 4.39 Å². The van der Waals surface area contributed by atoms with Gasteiger partial charge in [0, 0.05) is 28.2 Å². The molecule has 0 atom stereocenters. The van der Waals surface area contributed by atoms with Crippen molar-refractivity contribution in [3.63, 3.8) is 0 Å². The Hall–Kier alpha value is -1.95. The van der Waals surface area contributed by atoms with Crippen molar-refractivity contribution in [2.75, 3.05) is 0 Å². The standard InChI is InChI=1S/C19H18FNO2S/c1-19(2,18(22)23)24-17-9-10-21-11-15(17)13-7-8-16(20)14-6-4-3-5-12(13)14/h3-11,18,22-23H,1-2H3. The van der Waals surface area contributed by atoms with E-state index in [0.717, 1.165) is 21.4 Å². The minimum atomic E-state index is -1.46. The Bertz CT molecular complexity index is 880. The number of hydrogen-bond donors (Lipinski definition) is 2. The van der Waals surface area contributed by atoms with Crippen LogP contribution in [0.2, 0.25) is 0 Å². The second-order valence-electron chi connectivity index (χ2n) is 6.09. The predicted molar refractivity (Wildman–Crippen MR) is 95.3 cm³/mol. The molecule has 0 unspecified atom stereocenters. The quantitative estimate of drug-likeness (QED) is 0.550. The van der Waals surface area contributed by atoms with Gasteiger partial charge in [-0.3, -0.25) is 4.98 Å². The lowest BCUT2D eigenvalue weighted by atomic mass is 9.99. The van der Waals surface area contributed by atoms with Crippen molar-refractivity contribution >= 4 is 22.5 Å². The van der Waals surface area contributed by atoms with Gasteiger partial charge in [-0.05, 0) is 36.9 Å². The van der Waals surface area contributed by atoms with Crippen LogP contribution in [0.1, 0.15) is 13.8 Å². The highest BCUT2D eigenvalue weighted by Crippen LogP contribution is 2.41. The van der Waals surface area contributed by atoms with E-state index in [1.54, 1.807) is 44.4 Å². The summed E-state index contributed by atoms with van der Waals surface area (Å²) in [6.07, 6.45) is 1.92. The molecule has 0 bridgehead atoms. The number of aliphatic hydroxyl groups excluding tert-OH is 1. The van der Waals surface area contributed by atoms with Crippen LogP contribution in [0.5, 0.6) is 0 Å². The largest absolute Gasteiger partial charge is 0.367 e. The van der Waals surface area contributed by atoms with Crippen LogP contribution < -0.4 is 0 Å². The smallest absolute Gasteiger partial charge is 0.166 e. The molecule has 1 aromatic heterocycles. The number of aliphatic hydroxyl groups is 2. The monoisotopic (exact) mass is 343 g/mol. The maximum atomic E-state index is 14.1. The molecule has 24 heavy (non-hydrogen) atoms. The van der Waals surface area contributed by atoms with Crippen LogP contribution in [0.3, 0.4) is 0 Å². The topological polar surface area (TPSA) is 53.4 Å². The molecule has 0 saturated heterocycles. The molecule has 3 aromatic rings. The van der Waals surface area contributed by atoms with Crippen LogP contribution in [0, 0.1) is 5.82 Å². The molecule has 0 radical (unpaired) electrons. The van der Waals surface area contributed by atoms with E-state index in [1.807, 2.05) is 18.2 Å². The van der Waals surface area contributed by atoms with Crippen molar-refractivity contribution in [1.29, 1.82) is 0 Å². The summed E-state index contributed by atoms with van der Waals surface area (Å²) in [4.78, 5) is 5.05. The van der Waals surface area contributed by atoms with Gasteiger partial charge in [-0.2, -0.15) is 0 Å². The van der Waals surface area contributed by atoms with Gasteiger partial charge in [-0.15, -0.1) is 11.8 Å². The summed E-state index contributed by atoms with van der Waals surface area (Å²) in [7, 11) is 0. The summed E-state index contributed by atoms with van der Waals surface area (Å²) in [6.45, 7) is 3.52. The van der Waals surface area contributed by atoms with Gasteiger partial charge in [0.15, 0.2) is 6.29 Å². The average Bonchev–Trinajstić information content (AvgIpc) is 2.56. The van der Waals surface area contributed by atoms with E-state index in [1.165, 1.54) is 17.8 Å². The molecule has 0 aliphatic carbocycles. The van der Waals surface area contributed by atoms with Crippen LogP contribution in [0.15, 0.2) is 59.8 Å². The Labute approximate surface area is 144 Å². The van der Waals surface area contributed by atoms with Gasteiger partial charge >= 0.3 is 0 Å². The molecule has 0 saturated carbocycles. The highest BCUT2D eigenvalue weighted by atomic mass is 32.2. The number of fused-ring (bicyclic) bond motifs is 1. The van der Waals surface area contributed by atoms with E-state index in [2.05, 4.69) is 4.98 Å². The SMILES string of the molecule is CC(C)(Sc1ccncc1-c1ccc(F)c2ccccc12)C(O)O. The molecule has 124 valence electrons. The third-order valence-corrected chi connectivity index (χ3v) is 5.25. The zero-order valence-corrected chi connectivity index (χ0v) is 14.2. The lowest BCUT2D eigenvalue weighted by Crippen LogP contribution is -2.32. The summed E-state index contributed by atoms with van der Waals surface area (Å²) >= 11 is 1.35. The fourth-order valence-electron chi connectivity index (χ4n) is 2.51. The van der Waals surface area contributed by atoms with E-state index in [4.69, 9.17) is 0 Å². The first-order chi connectivity index (χ1) is 11.4. The van der Waals surface area contributed by atoms with Crippen molar-refractivity contribution in [2.45, 2.75) is 29.8 Å². The summed E-state index contributed by atoms with van der Waals surface area (Å²) in [6, 6.07) is 12.3. The Morgan fingerprint density at radius 3 is 2.42 bits per heavy atom. The Morgan fingerprint density at radius 2 is 1.71 bits per heavy atom. The van der Waals surface area contributed by atoms with E-state index in [0.29, 0.717) is 5.39 Å². The average molecular weight is 343 g/mol. The Kier molecular flexibility index (Phi) is 4.58. The van der Waals surface area contributed by atoms with Gasteiger partial charge in [0.25, 0.3) is 0 Å². The molecular weight excluding hydrogens is 325 g/mol. The molecule has 3 rings (SSSR count). The Balaban J connectivity index is 2.17. The first-order valence-corrected chi connectivity index (χ1v) is 8.38. The van der Waals surface area contributed by atoms with E-state index in [9.17, 15) is 14.6 Å². The predicted octanol–water partition coefficient (Wildman–Crippen LogP) is 4.22. The zero-order chi connectivity index (χ0) is 17.3. The molecule has 2 N–H and O–H groups in total. The highest BCUT2D eigenvalue weighted by Gasteiger charge is 2.28. The molecule has 0 aliphatic heterocycles. The molecule has 0 aliphatic rings. The molecule has 5 heteroatoms. The van der Waals surface area contributed by atoms with Gasteiger partial charge in [-0.1, -0.05) is 30.3 Å². The van der Waals surface area contributed by atoms with Gasteiger partial charge < -0.3 is 10.2 Å². The van der Waals surface area contributed by atoms with Crippen molar-refractivity contribution in [3.8, 4) is 11.1 Å². The summed E-state index contributed by atoms with van der Waals surface area (Å²) in [5, 5.41) is 20.5. The number of aromatic nitrogens is 1. The van der Waals surface area contributed by atoms with Crippen LogP contribution in [0.25, 0.3) is 21.9 Å². The van der Waals surface area contributed by atoms with Crippen molar-refractivity contribution < 1.29 is 14.6 Å². The number of thioether (sulfide) groups is 1. The Morgan fingerprint density at radius 1 is 1.00 bits per heavy atom. The minimum absolute atomic E-state index is 0.265. The lowest BCUT2D eigenvalue weighted by Gasteiger charge is -2.27. The summed E-state index contributed by atoms with van der Waals surface area (Å²) < 4.78 is 13.3. The molecule has 3 nitrogen and oxygen atoms in total. The number of rotatable bonds is 4. The fraction of sp³-hybridized carbons (Fsp3) is 0.211. The first kappa shape index (κ1) is 16.9. The van der Waals surface area contributed by atoms with E-state index >= 15 is 0 Å². The number of halogens is 1. The van der Waals surface area contributed by atoms with Crippen molar-refractivity contribution in [2.24, 2.45) is 0 Å². The fourth-order valence-corrected chi connectivity index (χ4v) is 3.58. The van der Waals surface area contributed by atoms with Gasteiger partial charge in [0.05, 0.1) is 4.75 Å². The number of hydrogen-bond acceptors (Lipinski definition) is 4. The molecule has 0 amide bonds. The maximum absolute atomic E-state index is 14.1. The summed E-state index contributed by atoms with van der Waals surface area (Å²) in [5.74, 6) is -0.265. The number of pyridine rings is 1. The number of benzene rings is 2. The third kappa shape index (κ3) is 3.15. The van der Waals surface area contributed by atoms with Crippen LogP contribution in [0.4, 0.5) is 4.39 Å². The molecule has 0 fully saturated rings. The summed E-state index contributed by atoms with van der Waals surface area (Å²) in [5.41, 5.74) is 1.71. The second-order valence-corrected chi connectivity index (χ2v) is 7.79. The zero-order valence-electron chi connectivity index (χ0n) is 13.4. The normalized spacial score (nSPS) is 12.1. The van der Waals surface area contributed by atoms with E-state index < -0.39 is 11.0 Å². The van der Waals surface area contributed by atoms with Gasteiger partial charge in [0.2, 0.25) is 0 Å². The van der Waals surface area contributed by atoms with Crippen molar-refractivity contribution in [1.82, 2.24) is 4.98 Å².